The third kappa shape index (κ3) is 4.49. The lowest BCUT2D eigenvalue weighted by atomic mass is 10.3. The van der Waals surface area contributed by atoms with Crippen molar-refractivity contribution >= 4 is 27.5 Å². The second-order valence-electron chi connectivity index (χ2n) is 5.86. The number of aromatic nitrogens is 3. The van der Waals surface area contributed by atoms with Crippen LogP contribution in [-0.2, 0) is 16.3 Å². The standard InChI is InChI=1S/C18H17ClN4O5S/c1-28-16-7-6-13(11-21-16)29(26,27)17-10-12(8-9-20-18(24)25)22-23(17)15-5-3-2-4-14(15)19/h2-7,10-11,20H,8-9H2,1H3,(H,24,25). The molecule has 0 atom stereocenters. The molecule has 0 spiro atoms. The molecule has 29 heavy (non-hydrogen) atoms. The van der Waals surface area contributed by atoms with Crippen molar-refractivity contribution in [1.82, 2.24) is 20.1 Å². The van der Waals surface area contributed by atoms with Gasteiger partial charge in [0.2, 0.25) is 15.7 Å². The summed E-state index contributed by atoms with van der Waals surface area (Å²) in [4.78, 5) is 14.6. The van der Waals surface area contributed by atoms with Gasteiger partial charge in [-0.05, 0) is 24.3 Å². The monoisotopic (exact) mass is 436 g/mol. The van der Waals surface area contributed by atoms with Gasteiger partial charge in [-0.25, -0.2) is 22.9 Å². The molecule has 152 valence electrons. The number of pyridine rings is 1. The van der Waals surface area contributed by atoms with E-state index in [-0.39, 0.29) is 28.8 Å². The second kappa shape index (κ2) is 8.50. The number of hydrogen-bond acceptors (Lipinski definition) is 6. The number of nitrogens with zero attached hydrogens (tertiary/aromatic N) is 3. The molecule has 0 saturated heterocycles. The molecule has 11 heteroatoms. The van der Waals surface area contributed by atoms with Crippen LogP contribution in [0.25, 0.3) is 5.69 Å². The van der Waals surface area contributed by atoms with E-state index in [4.69, 9.17) is 21.4 Å². The van der Waals surface area contributed by atoms with Crippen LogP contribution in [0.2, 0.25) is 5.02 Å². The maximum atomic E-state index is 13.2. The third-order valence-corrected chi connectivity index (χ3v) is 5.99. The van der Waals surface area contributed by atoms with Gasteiger partial charge in [-0.3, -0.25) is 0 Å². The van der Waals surface area contributed by atoms with Crippen LogP contribution in [0.1, 0.15) is 5.69 Å². The minimum Gasteiger partial charge on any atom is -0.481 e. The fourth-order valence-corrected chi connectivity index (χ4v) is 4.14. The maximum absolute atomic E-state index is 13.2. The molecule has 0 aliphatic carbocycles. The Morgan fingerprint density at radius 2 is 2.03 bits per heavy atom. The van der Waals surface area contributed by atoms with Crippen molar-refractivity contribution in [3.63, 3.8) is 0 Å². The molecule has 0 aliphatic heterocycles. The van der Waals surface area contributed by atoms with Crippen molar-refractivity contribution < 1.29 is 23.1 Å². The van der Waals surface area contributed by atoms with Crippen molar-refractivity contribution in [1.29, 1.82) is 0 Å². The van der Waals surface area contributed by atoms with Gasteiger partial charge in [0.15, 0.2) is 5.03 Å². The highest BCUT2D eigenvalue weighted by Crippen LogP contribution is 2.28. The van der Waals surface area contributed by atoms with Crippen molar-refractivity contribution in [2.45, 2.75) is 16.3 Å². The number of methoxy groups -OCH3 is 1. The van der Waals surface area contributed by atoms with E-state index in [9.17, 15) is 13.2 Å². The van der Waals surface area contributed by atoms with Gasteiger partial charge in [-0.2, -0.15) is 5.10 Å². The van der Waals surface area contributed by atoms with E-state index in [1.807, 2.05) is 0 Å². The molecule has 2 heterocycles. The number of carbonyl (C=O) groups is 1. The Hall–Kier alpha value is -3.11. The number of sulfone groups is 1. The fraction of sp³-hybridized carbons (Fsp3) is 0.167. The summed E-state index contributed by atoms with van der Waals surface area (Å²) in [6.45, 7) is 0.0818. The van der Waals surface area contributed by atoms with Gasteiger partial charge in [0.25, 0.3) is 0 Å². The summed E-state index contributed by atoms with van der Waals surface area (Å²) in [6, 6.07) is 10.9. The van der Waals surface area contributed by atoms with Crippen LogP contribution in [0.5, 0.6) is 5.88 Å². The molecule has 1 amide bonds. The molecule has 1 aromatic carbocycles. The first-order valence-electron chi connectivity index (χ1n) is 8.38. The zero-order valence-corrected chi connectivity index (χ0v) is 16.8. The molecule has 3 rings (SSSR count). The molecule has 0 aliphatic rings. The fourth-order valence-electron chi connectivity index (χ4n) is 2.58. The number of rotatable bonds is 7. The topological polar surface area (TPSA) is 123 Å². The summed E-state index contributed by atoms with van der Waals surface area (Å²) in [5.74, 6) is 0.281. The minimum atomic E-state index is -3.99. The molecule has 9 nitrogen and oxygen atoms in total. The molecular weight excluding hydrogens is 420 g/mol. The smallest absolute Gasteiger partial charge is 0.404 e. The van der Waals surface area contributed by atoms with E-state index in [2.05, 4.69) is 15.4 Å². The summed E-state index contributed by atoms with van der Waals surface area (Å²) in [7, 11) is -2.56. The largest absolute Gasteiger partial charge is 0.481 e. The lowest BCUT2D eigenvalue weighted by Gasteiger charge is -2.10. The molecule has 2 aromatic heterocycles. The molecule has 0 radical (unpaired) electrons. The number of nitrogens with one attached hydrogen (secondary N) is 1. The van der Waals surface area contributed by atoms with Gasteiger partial charge in [-0.15, -0.1) is 0 Å². The minimum absolute atomic E-state index is 0.0401. The molecule has 2 N–H and O–H groups in total. The second-order valence-corrected chi connectivity index (χ2v) is 8.16. The van der Waals surface area contributed by atoms with Crippen LogP contribution in [-0.4, -0.2) is 48.0 Å². The normalized spacial score (nSPS) is 11.2. The summed E-state index contributed by atoms with van der Waals surface area (Å²) < 4.78 is 32.7. The lowest BCUT2D eigenvalue weighted by molar-refractivity contribution is 0.194. The summed E-state index contributed by atoms with van der Waals surface area (Å²) in [5, 5.41) is 15.5. The SMILES string of the molecule is COc1ccc(S(=O)(=O)c2cc(CCNC(=O)O)nn2-c2ccccc2Cl)cn1. The molecule has 0 fully saturated rings. The predicted octanol–water partition coefficient (Wildman–Crippen LogP) is 2.57. The van der Waals surface area contributed by atoms with E-state index in [0.29, 0.717) is 16.4 Å². The summed E-state index contributed by atoms with van der Waals surface area (Å²) >= 11 is 6.25. The predicted molar refractivity (Wildman–Crippen MR) is 105 cm³/mol. The van der Waals surface area contributed by atoms with Crippen LogP contribution in [0, 0.1) is 0 Å². The van der Waals surface area contributed by atoms with Gasteiger partial charge in [0.05, 0.1) is 28.4 Å². The molecular formula is C18H17ClN4O5S. The van der Waals surface area contributed by atoms with Crippen LogP contribution in [0.15, 0.2) is 58.6 Å². The van der Waals surface area contributed by atoms with E-state index in [0.717, 1.165) is 0 Å². The van der Waals surface area contributed by atoms with Crippen LogP contribution < -0.4 is 10.1 Å². The first kappa shape index (κ1) is 20.6. The Kier molecular flexibility index (Phi) is 6.04. The van der Waals surface area contributed by atoms with Crippen LogP contribution >= 0.6 is 11.6 Å². The van der Waals surface area contributed by atoms with E-state index < -0.39 is 15.9 Å². The van der Waals surface area contributed by atoms with Crippen LogP contribution in [0.3, 0.4) is 0 Å². The number of para-hydroxylation sites is 1. The first-order chi connectivity index (χ1) is 13.8. The molecule has 3 aromatic rings. The van der Waals surface area contributed by atoms with Gasteiger partial charge >= 0.3 is 6.09 Å². The zero-order valence-electron chi connectivity index (χ0n) is 15.2. The van der Waals surface area contributed by atoms with Gasteiger partial charge in [0, 0.05) is 25.2 Å². The Morgan fingerprint density at radius 3 is 2.66 bits per heavy atom. The van der Waals surface area contributed by atoms with E-state index in [1.54, 1.807) is 24.3 Å². The zero-order chi connectivity index (χ0) is 21.0. The Bertz CT molecular complexity index is 1130. The average molecular weight is 437 g/mol. The highest BCUT2D eigenvalue weighted by molar-refractivity contribution is 7.91. The molecule has 0 unspecified atom stereocenters. The Labute approximate surface area is 171 Å². The van der Waals surface area contributed by atoms with Crippen molar-refractivity contribution in [3.05, 3.63) is 59.4 Å². The number of amides is 1. The highest BCUT2D eigenvalue weighted by Gasteiger charge is 2.26. The summed E-state index contributed by atoms with van der Waals surface area (Å²) in [6.07, 6.45) is 0.226. The maximum Gasteiger partial charge on any atom is 0.404 e. The lowest BCUT2D eigenvalue weighted by Crippen LogP contribution is -2.23. The van der Waals surface area contributed by atoms with Crippen LogP contribution in [0.4, 0.5) is 4.79 Å². The van der Waals surface area contributed by atoms with E-state index in [1.165, 1.54) is 36.2 Å². The first-order valence-corrected chi connectivity index (χ1v) is 10.2. The number of carboxylic acid groups (broad SMARTS) is 1. The molecule has 0 bridgehead atoms. The number of ether oxygens (including phenoxy) is 1. The molecule has 0 saturated carbocycles. The van der Waals surface area contributed by atoms with Gasteiger partial charge in [-0.1, -0.05) is 23.7 Å². The number of benzene rings is 1. The van der Waals surface area contributed by atoms with Crippen molar-refractivity contribution in [2.75, 3.05) is 13.7 Å². The van der Waals surface area contributed by atoms with Crippen molar-refractivity contribution in [2.24, 2.45) is 0 Å². The van der Waals surface area contributed by atoms with E-state index >= 15 is 0 Å². The quantitative estimate of drug-likeness (QED) is 0.583. The third-order valence-electron chi connectivity index (χ3n) is 3.97. The van der Waals surface area contributed by atoms with Crippen molar-refractivity contribution in [3.8, 4) is 11.6 Å². The van der Waals surface area contributed by atoms with Gasteiger partial charge in [0.1, 0.15) is 0 Å². The number of halogens is 1. The summed E-state index contributed by atoms with van der Waals surface area (Å²) in [5.41, 5.74) is 0.769. The number of hydrogen-bond donors (Lipinski definition) is 2. The Morgan fingerprint density at radius 1 is 1.28 bits per heavy atom. The average Bonchev–Trinajstić information content (AvgIpc) is 3.13. The Balaban J connectivity index is 2.08. The highest BCUT2D eigenvalue weighted by atomic mass is 35.5. The van der Waals surface area contributed by atoms with Gasteiger partial charge < -0.3 is 15.2 Å².